The average Bonchev–Trinajstić information content (AvgIpc) is 3.34. The van der Waals surface area contributed by atoms with Crippen molar-refractivity contribution >= 4 is 23.3 Å². The quantitative estimate of drug-likeness (QED) is 0.848. The van der Waals surface area contributed by atoms with Gasteiger partial charge in [0.15, 0.2) is 5.82 Å². The standard InChI is InChI=1S/C20H25N5O4/c1-4-24-16-7-6-14(9-13(16)5-8-18(24)26)22-20(27)25-11-15(28-3)10-17(25)19-21-12(2)23-29-19/h6-7,9,15,17H,4-5,8,10-11H2,1-3H3,(H,22,27)/t15-,17+/m0/s1. The number of urea groups is 1. The van der Waals surface area contributed by atoms with E-state index >= 15 is 0 Å². The van der Waals surface area contributed by atoms with Crippen LogP contribution in [0.4, 0.5) is 16.2 Å². The van der Waals surface area contributed by atoms with Gasteiger partial charge < -0.3 is 24.4 Å². The number of amides is 3. The van der Waals surface area contributed by atoms with Gasteiger partial charge in [-0.3, -0.25) is 4.79 Å². The number of carbonyl (C=O) groups excluding carboxylic acids is 2. The number of likely N-dealkylation sites (tertiary alicyclic amines) is 1. The molecule has 1 N–H and O–H groups in total. The van der Waals surface area contributed by atoms with Crippen LogP contribution in [0.1, 0.15) is 43.1 Å². The number of fused-ring (bicyclic) bond motifs is 1. The highest BCUT2D eigenvalue weighted by Gasteiger charge is 2.39. The number of aryl methyl sites for hydroxylation is 2. The zero-order valence-corrected chi connectivity index (χ0v) is 16.8. The van der Waals surface area contributed by atoms with Gasteiger partial charge >= 0.3 is 6.03 Å². The second-order valence-corrected chi connectivity index (χ2v) is 7.35. The highest BCUT2D eigenvalue weighted by atomic mass is 16.5. The predicted molar refractivity (Wildman–Crippen MR) is 106 cm³/mol. The topological polar surface area (TPSA) is 101 Å². The fourth-order valence-electron chi connectivity index (χ4n) is 4.05. The molecule has 2 aliphatic rings. The number of methoxy groups -OCH3 is 1. The Labute approximate surface area is 169 Å². The zero-order valence-electron chi connectivity index (χ0n) is 16.8. The molecule has 4 rings (SSSR count). The van der Waals surface area contributed by atoms with E-state index in [0.29, 0.717) is 49.8 Å². The van der Waals surface area contributed by atoms with E-state index in [2.05, 4.69) is 15.5 Å². The third-order valence-electron chi connectivity index (χ3n) is 5.53. The van der Waals surface area contributed by atoms with Gasteiger partial charge in [0, 0.05) is 44.4 Å². The van der Waals surface area contributed by atoms with Crippen LogP contribution in [0.3, 0.4) is 0 Å². The van der Waals surface area contributed by atoms with Crippen LogP contribution < -0.4 is 10.2 Å². The number of carbonyl (C=O) groups is 2. The summed E-state index contributed by atoms with van der Waals surface area (Å²) in [6.07, 6.45) is 1.67. The van der Waals surface area contributed by atoms with Crippen molar-refractivity contribution in [3.63, 3.8) is 0 Å². The Hall–Kier alpha value is -2.94. The van der Waals surface area contributed by atoms with E-state index in [1.165, 1.54) is 0 Å². The molecule has 1 fully saturated rings. The van der Waals surface area contributed by atoms with Crippen molar-refractivity contribution in [2.24, 2.45) is 0 Å². The first-order valence-corrected chi connectivity index (χ1v) is 9.84. The minimum absolute atomic E-state index is 0.0920. The summed E-state index contributed by atoms with van der Waals surface area (Å²) in [5, 5.41) is 6.81. The van der Waals surface area contributed by atoms with Gasteiger partial charge in [-0.25, -0.2) is 4.79 Å². The normalized spacial score (nSPS) is 21.4. The van der Waals surface area contributed by atoms with Crippen molar-refractivity contribution in [1.29, 1.82) is 0 Å². The molecule has 0 aliphatic carbocycles. The highest BCUT2D eigenvalue weighted by molar-refractivity contribution is 5.97. The Balaban J connectivity index is 1.53. The number of rotatable bonds is 4. The van der Waals surface area contributed by atoms with E-state index in [9.17, 15) is 9.59 Å². The van der Waals surface area contributed by atoms with E-state index in [1.54, 1.807) is 23.8 Å². The number of ether oxygens (including phenoxy) is 1. The summed E-state index contributed by atoms with van der Waals surface area (Å²) in [4.78, 5) is 32.8. The molecule has 1 saturated heterocycles. The third-order valence-corrected chi connectivity index (χ3v) is 5.53. The number of nitrogens with one attached hydrogen (secondary N) is 1. The number of anilines is 2. The summed E-state index contributed by atoms with van der Waals surface area (Å²) in [6.45, 7) is 4.78. The Morgan fingerprint density at radius 3 is 2.90 bits per heavy atom. The van der Waals surface area contributed by atoms with Gasteiger partial charge in [-0.2, -0.15) is 4.98 Å². The molecule has 29 heavy (non-hydrogen) atoms. The lowest BCUT2D eigenvalue weighted by Gasteiger charge is -2.29. The van der Waals surface area contributed by atoms with Crippen LogP contribution in [0.25, 0.3) is 0 Å². The lowest BCUT2D eigenvalue weighted by Crippen LogP contribution is -2.36. The van der Waals surface area contributed by atoms with E-state index in [4.69, 9.17) is 9.26 Å². The Kier molecular flexibility index (Phi) is 5.23. The van der Waals surface area contributed by atoms with Crippen LogP contribution in [0.15, 0.2) is 22.7 Å². The number of hydrogen-bond acceptors (Lipinski definition) is 6. The maximum Gasteiger partial charge on any atom is 0.322 e. The van der Waals surface area contributed by atoms with E-state index in [1.807, 2.05) is 25.1 Å². The first-order valence-electron chi connectivity index (χ1n) is 9.84. The number of benzene rings is 1. The van der Waals surface area contributed by atoms with Gasteiger partial charge in [0.1, 0.15) is 6.04 Å². The van der Waals surface area contributed by atoms with Crippen LogP contribution in [0.5, 0.6) is 0 Å². The molecule has 0 spiro atoms. The van der Waals surface area contributed by atoms with Gasteiger partial charge in [0.05, 0.1) is 6.10 Å². The average molecular weight is 399 g/mol. The maximum atomic E-state index is 13.0. The molecular formula is C20H25N5O4. The second kappa shape index (κ2) is 7.82. The summed E-state index contributed by atoms with van der Waals surface area (Å²) < 4.78 is 10.8. The molecule has 2 atom stereocenters. The van der Waals surface area contributed by atoms with Gasteiger partial charge in [0.2, 0.25) is 11.8 Å². The lowest BCUT2D eigenvalue weighted by molar-refractivity contribution is -0.118. The monoisotopic (exact) mass is 399 g/mol. The second-order valence-electron chi connectivity index (χ2n) is 7.35. The highest BCUT2D eigenvalue weighted by Crippen LogP contribution is 2.34. The molecule has 1 aromatic heterocycles. The molecule has 2 aliphatic heterocycles. The summed E-state index contributed by atoms with van der Waals surface area (Å²) in [5.41, 5.74) is 2.67. The fourth-order valence-corrected chi connectivity index (χ4v) is 4.05. The minimum atomic E-state index is -0.327. The van der Waals surface area contributed by atoms with Gasteiger partial charge in [0.25, 0.3) is 0 Å². The van der Waals surface area contributed by atoms with E-state index in [-0.39, 0.29) is 24.1 Å². The van der Waals surface area contributed by atoms with Gasteiger partial charge in [-0.05, 0) is 44.0 Å². The summed E-state index contributed by atoms with van der Waals surface area (Å²) in [5.74, 6) is 1.09. The molecule has 0 radical (unpaired) electrons. The maximum absolute atomic E-state index is 13.0. The van der Waals surface area contributed by atoms with E-state index in [0.717, 1.165) is 11.3 Å². The Morgan fingerprint density at radius 1 is 1.38 bits per heavy atom. The summed E-state index contributed by atoms with van der Waals surface area (Å²) >= 11 is 0. The van der Waals surface area contributed by atoms with Gasteiger partial charge in [-0.15, -0.1) is 0 Å². The largest absolute Gasteiger partial charge is 0.380 e. The lowest BCUT2D eigenvalue weighted by atomic mass is 10.0. The van der Waals surface area contributed by atoms with Crippen LogP contribution in [-0.4, -0.2) is 53.3 Å². The van der Waals surface area contributed by atoms with Crippen molar-refractivity contribution in [2.45, 2.75) is 45.3 Å². The molecule has 0 saturated carbocycles. The van der Waals surface area contributed by atoms with Crippen molar-refractivity contribution in [2.75, 3.05) is 30.4 Å². The summed E-state index contributed by atoms with van der Waals surface area (Å²) in [6, 6.07) is 5.09. The zero-order chi connectivity index (χ0) is 20.5. The van der Waals surface area contributed by atoms with Crippen LogP contribution in [0, 0.1) is 6.92 Å². The number of nitrogens with zero attached hydrogens (tertiary/aromatic N) is 4. The van der Waals surface area contributed by atoms with Crippen molar-refractivity contribution < 1.29 is 18.8 Å². The SMILES string of the molecule is CCN1C(=O)CCc2cc(NC(=O)N3C[C@@H](OC)C[C@@H]3c3nc(C)no3)ccc21. The first-order chi connectivity index (χ1) is 14.0. The third kappa shape index (κ3) is 3.69. The Bertz CT molecular complexity index is 927. The van der Waals surface area contributed by atoms with Crippen molar-refractivity contribution in [3.8, 4) is 0 Å². The molecule has 3 heterocycles. The van der Waals surface area contributed by atoms with Crippen molar-refractivity contribution in [3.05, 3.63) is 35.5 Å². The van der Waals surface area contributed by atoms with E-state index < -0.39 is 0 Å². The molecule has 2 aromatic rings. The van der Waals surface area contributed by atoms with Crippen LogP contribution >= 0.6 is 0 Å². The number of hydrogen-bond donors (Lipinski definition) is 1. The van der Waals surface area contributed by atoms with Crippen LogP contribution in [-0.2, 0) is 16.0 Å². The summed E-state index contributed by atoms with van der Waals surface area (Å²) in [7, 11) is 1.63. The Morgan fingerprint density at radius 2 is 2.21 bits per heavy atom. The van der Waals surface area contributed by atoms with Crippen LogP contribution in [0.2, 0.25) is 0 Å². The number of aromatic nitrogens is 2. The molecule has 3 amide bonds. The smallest absolute Gasteiger partial charge is 0.322 e. The molecule has 154 valence electrons. The molecule has 9 heteroatoms. The first kappa shape index (κ1) is 19.4. The molecule has 0 unspecified atom stereocenters. The molecule has 9 nitrogen and oxygen atoms in total. The fraction of sp³-hybridized carbons (Fsp3) is 0.500. The van der Waals surface area contributed by atoms with Gasteiger partial charge in [-0.1, -0.05) is 5.16 Å². The molecule has 1 aromatic carbocycles. The van der Waals surface area contributed by atoms with Crippen molar-refractivity contribution in [1.82, 2.24) is 15.0 Å². The molecule has 0 bridgehead atoms. The molecular weight excluding hydrogens is 374 g/mol. The predicted octanol–water partition coefficient (Wildman–Crippen LogP) is 2.67. The minimum Gasteiger partial charge on any atom is -0.380 e.